The molecular formula is C26H31FN6O2. The zero-order valence-corrected chi connectivity index (χ0v) is 19.7. The zero-order valence-electron chi connectivity index (χ0n) is 19.7. The van der Waals surface area contributed by atoms with Gasteiger partial charge in [0, 0.05) is 32.2 Å². The Hall–Kier alpha value is -3.30. The van der Waals surface area contributed by atoms with Crippen LogP contribution in [0.4, 0.5) is 9.18 Å². The SMILES string of the molecule is O=C(NCCc1ccccc1)NC1CCN(Cc2nnn3c2CO[C@H](c2ccc(F)cc2)C3)CC1. The molecule has 2 N–H and O–H groups in total. The highest BCUT2D eigenvalue weighted by Gasteiger charge is 2.27. The first-order valence-electron chi connectivity index (χ1n) is 12.2. The minimum Gasteiger partial charge on any atom is -0.365 e. The smallest absolute Gasteiger partial charge is 0.315 e. The number of likely N-dealkylation sites (tertiary alicyclic amines) is 1. The topological polar surface area (TPSA) is 84.3 Å². The molecule has 0 saturated carbocycles. The Morgan fingerprint density at radius 3 is 2.63 bits per heavy atom. The van der Waals surface area contributed by atoms with Crippen LogP contribution in [0.2, 0.25) is 0 Å². The van der Waals surface area contributed by atoms with Gasteiger partial charge in [-0.1, -0.05) is 47.7 Å². The van der Waals surface area contributed by atoms with Crippen LogP contribution in [0, 0.1) is 5.82 Å². The number of hydrogen-bond acceptors (Lipinski definition) is 5. The largest absolute Gasteiger partial charge is 0.365 e. The van der Waals surface area contributed by atoms with Crippen molar-refractivity contribution in [2.75, 3.05) is 19.6 Å². The first-order chi connectivity index (χ1) is 17.1. The maximum absolute atomic E-state index is 13.2. The molecule has 1 atom stereocenters. The van der Waals surface area contributed by atoms with E-state index in [9.17, 15) is 9.18 Å². The molecule has 35 heavy (non-hydrogen) atoms. The van der Waals surface area contributed by atoms with Gasteiger partial charge in [0.1, 0.15) is 17.6 Å². The van der Waals surface area contributed by atoms with Gasteiger partial charge in [0.05, 0.1) is 18.8 Å². The summed E-state index contributed by atoms with van der Waals surface area (Å²) < 4.78 is 21.2. The molecule has 2 aliphatic heterocycles. The number of nitrogens with one attached hydrogen (secondary N) is 2. The molecule has 8 nitrogen and oxygen atoms in total. The fourth-order valence-electron chi connectivity index (χ4n) is 4.71. The van der Waals surface area contributed by atoms with Gasteiger partial charge in [0.25, 0.3) is 0 Å². The second-order valence-electron chi connectivity index (χ2n) is 9.20. The van der Waals surface area contributed by atoms with Crippen LogP contribution in [0.3, 0.4) is 0 Å². The number of benzene rings is 2. The van der Waals surface area contributed by atoms with Crippen LogP contribution in [-0.4, -0.2) is 51.6 Å². The second kappa shape index (κ2) is 11.0. The van der Waals surface area contributed by atoms with Crippen molar-refractivity contribution >= 4 is 6.03 Å². The molecule has 9 heteroatoms. The Labute approximate surface area is 204 Å². The summed E-state index contributed by atoms with van der Waals surface area (Å²) in [5.41, 5.74) is 4.09. The summed E-state index contributed by atoms with van der Waals surface area (Å²) in [7, 11) is 0. The Bertz CT molecular complexity index is 1110. The van der Waals surface area contributed by atoms with E-state index in [0.29, 0.717) is 19.7 Å². The number of carbonyl (C=O) groups excluding carboxylic acids is 1. The summed E-state index contributed by atoms with van der Waals surface area (Å²) in [5, 5.41) is 14.8. The number of hydrogen-bond donors (Lipinski definition) is 2. The van der Waals surface area contributed by atoms with E-state index >= 15 is 0 Å². The van der Waals surface area contributed by atoms with Gasteiger partial charge in [-0.2, -0.15) is 0 Å². The Morgan fingerprint density at radius 2 is 1.86 bits per heavy atom. The van der Waals surface area contributed by atoms with Gasteiger partial charge in [-0.3, -0.25) is 4.90 Å². The van der Waals surface area contributed by atoms with Gasteiger partial charge in [-0.15, -0.1) is 5.10 Å². The summed E-state index contributed by atoms with van der Waals surface area (Å²) in [6.45, 7) is 4.12. The zero-order chi connectivity index (χ0) is 24.0. The number of carbonyl (C=O) groups is 1. The maximum Gasteiger partial charge on any atom is 0.315 e. The van der Waals surface area contributed by atoms with Gasteiger partial charge >= 0.3 is 6.03 Å². The molecule has 184 valence electrons. The first kappa shape index (κ1) is 23.4. The third-order valence-corrected chi connectivity index (χ3v) is 6.76. The Morgan fingerprint density at radius 1 is 1.09 bits per heavy atom. The lowest BCUT2D eigenvalue weighted by molar-refractivity contribution is -0.00219. The number of urea groups is 1. The highest BCUT2D eigenvalue weighted by molar-refractivity contribution is 5.74. The molecule has 0 radical (unpaired) electrons. The molecule has 5 rings (SSSR count). The summed E-state index contributed by atoms with van der Waals surface area (Å²) in [6.07, 6.45) is 2.47. The Balaban J connectivity index is 1.05. The lowest BCUT2D eigenvalue weighted by Crippen LogP contribution is -2.48. The molecule has 0 unspecified atom stereocenters. The molecule has 0 bridgehead atoms. The predicted molar refractivity (Wildman–Crippen MR) is 129 cm³/mol. The van der Waals surface area contributed by atoms with Gasteiger partial charge in [0.15, 0.2) is 0 Å². The molecule has 2 aromatic carbocycles. The highest BCUT2D eigenvalue weighted by atomic mass is 19.1. The molecule has 2 amide bonds. The summed E-state index contributed by atoms with van der Waals surface area (Å²) >= 11 is 0. The van der Waals surface area contributed by atoms with Crippen LogP contribution in [0.1, 0.15) is 41.5 Å². The van der Waals surface area contributed by atoms with E-state index in [4.69, 9.17) is 4.74 Å². The predicted octanol–water partition coefficient (Wildman–Crippen LogP) is 3.20. The quantitative estimate of drug-likeness (QED) is 0.545. The molecule has 0 spiro atoms. The summed E-state index contributed by atoms with van der Waals surface area (Å²) in [6, 6.07) is 16.6. The number of halogens is 1. The monoisotopic (exact) mass is 478 g/mol. The van der Waals surface area contributed by atoms with Crippen molar-refractivity contribution in [2.45, 2.75) is 51.1 Å². The minimum atomic E-state index is -0.254. The van der Waals surface area contributed by atoms with Crippen molar-refractivity contribution in [1.29, 1.82) is 0 Å². The van der Waals surface area contributed by atoms with Crippen LogP contribution < -0.4 is 10.6 Å². The molecule has 0 aliphatic carbocycles. The maximum atomic E-state index is 13.2. The Kier molecular flexibility index (Phi) is 7.34. The molecule has 3 aromatic rings. The molecule has 1 fully saturated rings. The average Bonchev–Trinajstić information content (AvgIpc) is 3.28. The average molecular weight is 479 g/mol. The van der Waals surface area contributed by atoms with Crippen LogP contribution in [0.25, 0.3) is 0 Å². The third kappa shape index (κ3) is 6.04. The van der Waals surface area contributed by atoms with Crippen molar-refractivity contribution in [3.8, 4) is 0 Å². The number of nitrogens with zero attached hydrogens (tertiary/aromatic N) is 4. The number of rotatable bonds is 7. The number of aromatic nitrogens is 3. The van der Waals surface area contributed by atoms with Crippen molar-refractivity contribution in [3.63, 3.8) is 0 Å². The van der Waals surface area contributed by atoms with Crippen LogP contribution in [0.15, 0.2) is 54.6 Å². The number of fused-ring (bicyclic) bond motifs is 1. The summed E-state index contributed by atoms with van der Waals surface area (Å²) in [4.78, 5) is 14.6. The van der Waals surface area contributed by atoms with Crippen molar-refractivity contribution < 1.29 is 13.9 Å². The van der Waals surface area contributed by atoms with Gasteiger partial charge < -0.3 is 15.4 Å². The molecule has 3 heterocycles. The van der Waals surface area contributed by atoms with Gasteiger partial charge in [-0.05, 0) is 42.5 Å². The van der Waals surface area contributed by atoms with E-state index in [0.717, 1.165) is 55.8 Å². The standard InChI is InChI=1S/C26H31FN6O2/c27-21-8-6-20(7-9-21)25-17-33-24(18-35-25)23(30-31-33)16-32-14-11-22(12-15-32)29-26(34)28-13-10-19-4-2-1-3-5-19/h1-9,22,25H,10-18H2,(H2,28,29,34)/t25-/m0/s1. The number of ether oxygens (including phenoxy) is 1. The summed E-state index contributed by atoms with van der Waals surface area (Å²) in [5.74, 6) is -0.254. The van der Waals surface area contributed by atoms with E-state index in [2.05, 4.69) is 38.0 Å². The normalized spacial score (nSPS) is 18.7. The van der Waals surface area contributed by atoms with E-state index < -0.39 is 0 Å². The highest BCUT2D eigenvalue weighted by Crippen LogP contribution is 2.27. The van der Waals surface area contributed by atoms with Crippen molar-refractivity contribution in [1.82, 2.24) is 30.5 Å². The molecule has 1 aromatic heterocycles. The van der Waals surface area contributed by atoms with E-state index in [-0.39, 0.29) is 24.0 Å². The number of amides is 2. The molecule has 2 aliphatic rings. The van der Waals surface area contributed by atoms with Crippen LogP contribution >= 0.6 is 0 Å². The number of piperidine rings is 1. The third-order valence-electron chi connectivity index (χ3n) is 6.76. The lowest BCUT2D eigenvalue weighted by Gasteiger charge is -2.32. The molecule has 1 saturated heterocycles. The van der Waals surface area contributed by atoms with Crippen LogP contribution in [-0.2, 0) is 30.9 Å². The molecular weight excluding hydrogens is 447 g/mol. The fourth-order valence-corrected chi connectivity index (χ4v) is 4.71. The second-order valence-corrected chi connectivity index (χ2v) is 9.20. The van der Waals surface area contributed by atoms with E-state index in [1.54, 1.807) is 12.1 Å². The van der Waals surface area contributed by atoms with E-state index in [1.165, 1.54) is 17.7 Å². The first-order valence-corrected chi connectivity index (χ1v) is 12.2. The minimum absolute atomic E-state index is 0.0976. The van der Waals surface area contributed by atoms with E-state index in [1.807, 2.05) is 22.9 Å². The fraction of sp³-hybridized carbons (Fsp3) is 0.423. The van der Waals surface area contributed by atoms with Crippen LogP contribution in [0.5, 0.6) is 0 Å². The van der Waals surface area contributed by atoms with Gasteiger partial charge in [-0.25, -0.2) is 13.9 Å². The van der Waals surface area contributed by atoms with Crippen molar-refractivity contribution in [3.05, 3.63) is 82.9 Å². The van der Waals surface area contributed by atoms with Gasteiger partial charge in [0.2, 0.25) is 0 Å². The van der Waals surface area contributed by atoms with Crippen molar-refractivity contribution in [2.24, 2.45) is 0 Å². The lowest BCUT2D eigenvalue weighted by atomic mass is 10.0.